The Hall–Kier alpha value is -0.0400. The van der Waals surface area contributed by atoms with Crippen molar-refractivity contribution in [2.24, 2.45) is 5.92 Å². The Balaban J connectivity index is 2.88. The van der Waals surface area contributed by atoms with Gasteiger partial charge in [0.25, 0.3) is 0 Å². The Labute approximate surface area is 103 Å². The lowest BCUT2D eigenvalue weighted by Gasteiger charge is -2.04. The lowest BCUT2D eigenvalue weighted by Crippen LogP contribution is -1.89. The molecule has 0 rings (SSSR count). The highest BCUT2D eigenvalue weighted by Gasteiger charge is 1.95. The van der Waals surface area contributed by atoms with Gasteiger partial charge in [0.1, 0.15) is 0 Å². The van der Waals surface area contributed by atoms with E-state index < -0.39 is 0 Å². The molecule has 0 bridgehead atoms. The number of hydrogen-bond donors (Lipinski definition) is 0. The Morgan fingerprint density at radius 1 is 0.688 bits per heavy atom. The van der Waals surface area contributed by atoms with Crippen LogP contribution in [0.25, 0.3) is 0 Å². The van der Waals surface area contributed by atoms with E-state index in [4.69, 9.17) is 4.74 Å². The molecule has 1 heteroatoms. The number of hydrogen-bond acceptors (Lipinski definition) is 1. The van der Waals surface area contributed by atoms with E-state index in [1.165, 1.54) is 64.2 Å². The van der Waals surface area contributed by atoms with Gasteiger partial charge in [-0.2, -0.15) is 0 Å². The molecule has 0 saturated carbocycles. The van der Waals surface area contributed by atoms with Crippen LogP contribution >= 0.6 is 0 Å². The summed E-state index contributed by atoms with van der Waals surface area (Å²) in [6.45, 7) is 5.58. The van der Waals surface area contributed by atoms with Gasteiger partial charge < -0.3 is 4.74 Å². The first kappa shape index (κ1) is 16.0. The van der Waals surface area contributed by atoms with Crippen molar-refractivity contribution in [2.75, 3.05) is 13.7 Å². The highest BCUT2D eigenvalue weighted by Crippen LogP contribution is 2.12. The molecule has 0 aliphatic heterocycles. The molecule has 98 valence electrons. The topological polar surface area (TPSA) is 9.23 Å². The van der Waals surface area contributed by atoms with E-state index in [0.717, 1.165) is 12.5 Å². The zero-order chi connectivity index (χ0) is 12.1. The van der Waals surface area contributed by atoms with Crippen LogP contribution in [0.1, 0.15) is 78.1 Å². The molecule has 0 N–H and O–H groups in total. The maximum absolute atomic E-state index is 5.03. The fourth-order valence-electron chi connectivity index (χ4n) is 2.04. The first-order valence-corrected chi connectivity index (χ1v) is 7.26. The summed E-state index contributed by atoms with van der Waals surface area (Å²) in [6.07, 6.45) is 14.0. The van der Waals surface area contributed by atoms with E-state index in [1.807, 2.05) is 0 Å². The molecule has 0 amide bonds. The number of ether oxygens (including phenoxy) is 1. The van der Waals surface area contributed by atoms with Crippen molar-refractivity contribution >= 4 is 0 Å². The van der Waals surface area contributed by atoms with E-state index in [1.54, 1.807) is 7.11 Å². The molecule has 0 heterocycles. The third kappa shape index (κ3) is 14.0. The molecule has 0 unspecified atom stereocenters. The third-order valence-corrected chi connectivity index (χ3v) is 3.13. The number of methoxy groups -OCH3 is 1. The fraction of sp³-hybridized carbons (Fsp3) is 1.00. The molecule has 0 saturated heterocycles. The molecule has 0 aromatic rings. The van der Waals surface area contributed by atoms with Crippen LogP contribution in [0.4, 0.5) is 0 Å². The summed E-state index contributed by atoms with van der Waals surface area (Å²) in [6, 6.07) is 0. The summed E-state index contributed by atoms with van der Waals surface area (Å²) in [4.78, 5) is 0. The minimum Gasteiger partial charge on any atom is -0.385 e. The van der Waals surface area contributed by atoms with Gasteiger partial charge in [-0.1, -0.05) is 71.6 Å². The van der Waals surface area contributed by atoms with Gasteiger partial charge in [-0.05, 0) is 12.3 Å². The normalized spacial score (nSPS) is 11.2. The molecule has 0 fully saturated rings. The van der Waals surface area contributed by atoms with Crippen LogP contribution in [-0.4, -0.2) is 13.7 Å². The SMILES string of the molecule is COCCCCCCCCCCCC(C)C. The third-order valence-electron chi connectivity index (χ3n) is 3.13. The van der Waals surface area contributed by atoms with Crippen molar-refractivity contribution in [3.8, 4) is 0 Å². The standard InChI is InChI=1S/C15H32O/c1-15(2)13-11-9-7-5-4-6-8-10-12-14-16-3/h15H,4-14H2,1-3H3. The maximum atomic E-state index is 5.03. The quantitative estimate of drug-likeness (QED) is 0.418. The number of unbranched alkanes of at least 4 members (excludes halogenated alkanes) is 8. The zero-order valence-corrected chi connectivity index (χ0v) is 11.8. The van der Waals surface area contributed by atoms with E-state index in [2.05, 4.69) is 13.8 Å². The van der Waals surface area contributed by atoms with Gasteiger partial charge in [0.15, 0.2) is 0 Å². The van der Waals surface area contributed by atoms with E-state index >= 15 is 0 Å². The van der Waals surface area contributed by atoms with E-state index in [9.17, 15) is 0 Å². The lowest BCUT2D eigenvalue weighted by atomic mass is 10.0. The Bertz CT molecular complexity index is 121. The smallest absolute Gasteiger partial charge is 0.0462 e. The second-order valence-corrected chi connectivity index (χ2v) is 5.36. The molecule has 1 nitrogen and oxygen atoms in total. The molecular formula is C15H32O. The van der Waals surface area contributed by atoms with Crippen molar-refractivity contribution in [3.63, 3.8) is 0 Å². The first-order chi connectivity index (χ1) is 7.77. The van der Waals surface area contributed by atoms with Gasteiger partial charge in [0.2, 0.25) is 0 Å². The van der Waals surface area contributed by atoms with Gasteiger partial charge in [-0.25, -0.2) is 0 Å². The zero-order valence-electron chi connectivity index (χ0n) is 11.8. The van der Waals surface area contributed by atoms with Crippen LogP contribution in [-0.2, 0) is 4.74 Å². The maximum Gasteiger partial charge on any atom is 0.0462 e. The van der Waals surface area contributed by atoms with Gasteiger partial charge >= 0.3 is 0 Å². The van der Waals surface area contributed by atoms with Gasteiger partial charge in [0.05, 0.1) is 0 Å². The average molecular weight is 228 g/mol. The van der Waals surface area contributed by atoms with Crippen LogP contribution in [0.3, 0.4) is 0 Å². The molecule has 0 aromatic carbocycles. The fourth-order valence-corrected chi connectivity index (χ4v) is 2.04. The average Bonchev–Trinajstić information content (AvgIpc) is 2.25. The van der Waals surface area contributed by atoms with Crippen LogP contribution in [0.5, 0.6) is 0 Å². The monoisotopic (exact) mass is 228 g/mol. The van der Waals surface area contributed by atoms with Gasteiger partial charge in [-0.15, -0.1) is 0 Å². The van der Waals surface area contributed by atoms with Crippen LogP contribution in [0.15, 0.2) is 0 Å². The predicted octanol–water partition coefficient (Wildman–Crippen LogP) is 5.19. The van der Waals surface area contributed by atoms with Crippen molar-refractivity contribution in [3.05, 3.63) is 0 Å². The van der Waals surface area contributed by atoms with Crippen molar-refractivity contribution in [2.45, 2.75) is 78.1 Å². The Morgan fingerprint density at radius 2 is 1.12 bits per heavy atom. The highest BCUT2D eigenvalue weighted by molar-refractivity contribution is 4.49. The van der Waals surface area contributed by atoms with Gasteiger partial charge in [0, 0.05) is 13.7 Å². The summed E-state index contributed by atoms with van der Waals surface area (Å²) in [5.74, 6) is 0.890. The number of rotatable bonds is 12. The molecule has 0 aliphatic carbocycles. The summed E-state index contributed by atoms with van der Waals surface area (Å²) >= 11 is 0. The first-order valence-electron chi connectivity index (χ1n) is 7.26. The van der Waals surface area contributed by atoms with Crippen molar-refractivity contribution < 1.29 is 4.74 Å². The molecular weight excluding hydrogens is 196 g/mol. The second kappa shape index (κ2) is 13.0. The summed E-state index contributed by atoms with van der Waals surface area (Å²) in [5, 5.41) is 0. The van der Waals surface area contributed by atoms with Crippen LogP contribution in [0.2, 0.25) is 0 Å². The molecule has 0 atom stereocenters. The Kier molecular flexibility index (Phi) is 13.0. The molecule has 0 aromatic heterocycles. The second-order valence-electron chi connectivity index (χ2n) is 5.36. The summed E-state index contributed by atoms with van der Waals surface area (Å²) < 4.78 is 5.03. The van der Waals surface area contributed by atoms with Crippen molar-refractivity contribution in [1.82, 2.24) is 0 Å². The molecule has 0 spiro atoms. The highest BCUT2D eigenvalue weighted by atomic mass is 16.5. The Morgan fingerprint density at radius 3 is 1.56 bits per heavy atom. The molecule has 16 heavy (non-hydrogen) atoms. The summed E-state index contributed by atoms with van der Waals surface area (Å²) in [7, 11) is 1.79. The minimum absolute atomic E-state index is 0.890. The summed E-state index contributed by atoms with van der Waals surface area (Å²) in [5.41, 5.74) is 0. The van der Waals surface area contributed by atoms with Gasteiger partial charge in [-0.3, -0.25) is 0 Å². The van der Waals surface area contributed by atoms with Crippen LogP contribution < -0.4 is 0 Å². The van der Waals surface area contributed by atoms with Crippen molar-refractivity contribution in [1.29, 1.82) is 0 Å². The van der Waals surface area contributed by atoms with E-state index in [-0.39, 0.29) is 0 Å². The van der Waals surface area contributed by atoms with E-state index in [0.29, 0.717) is 0 Å². The lowest BCUT2D eigenvalue weighted by molar-refractivity contribution is 0.192. The molecule has 0 aliphatic rings. The predicted molar refractivity (Wildman–Crippen MR) is 72.9 cm³/mol. The largest absolute Gasteiger partial charge is 0.385 e. The molecule has 0 radical (unpaired) electrons. The van der Waals surface area contributed by atoms with Crippen LogP contribution in [0, 0.1) is 5.92 Å². The minimum atomic E-state index is 0.890.